The maximum atomic E-state index is 12.8. The first-order valence-corrected chi connectivity index (χ1v) is 10.2. The number of guanidine groups is 1. The number of aryl methyl sites for hydroxylation is 1. The molecule has 1 fully saturated rings. The van der Waals surface area contributed by atoms with E-state index < -0.39 is 0 Å². The summed E-state index contributed by atoms with van der Waals surface area (Å²) in [4.78, 5) is 20.9. The second-order valence-electron chi connectivity index (χ2n) is 7.75. The summed E-state index contributed by atoms with van der Waals surface area (Å²) >= 11 is 0. The summed E-state index contributed by atoms with van der Waals surface area (Å²) in [7, 11) is 1.65. The van der Waals surface area contributed by atoms with Crippen LogP contribution in [0.3, 0.4) is 0 Å². The SMILES string of the molecule is CN=C(NC#N)NC1CCC(CNC(=O)c2ccncc2C)(c2ccccc2)CC1. The van der Waals surface area contributed by atoms with E-state index in [9.17, 15) is 4.79 Å². The van der Waals surface area contributed by atoms with Crippen molar-refractivity contribution < 1.29 is 4.79 Å². The molecule has 1 aromatic carbocycles. The van der Waals surface area contributed by atoms with Crippen molar-refractivity contribution in [3.63, 3.8) is 0 Å². The van der Waals surface area contributed by atoms with E-state index in [2.05, 4.69) is 50.2 Å². The van der Waals surface area contributed by atoms with Gasteiger partial charge in [0.1, 0.15) is 0 Å². The third-order valence-corrected chi connectivity index (χ3v) is 5.92. The van der Waals surface area contributed by atoms with Crippen LogP contribution in [0.5, 0.6) is 0 Å². The van der Waals surface area contributed by atoms with Crippen molar-refractivity contribution in [2.45, 2.75) is 44.1 Å². The highest BCUT2D eigenvalue weighted by Crippen LogP contribution is 2.39. The molecule has 1 amide bonds. The molecule has 0 atom stereocenters. The van der Waals surface area contributed by atoms with Crippen LogP contribution in [-0.4, -0.2) is 36.5 Å². The molecule has 1 aliphatic rings. The standard InChI is InChI=1S/C23H28N6O/c1-17-14-26-13-10-20(17)21(30)27-15-23(18-6-4-3-5-7-18)11-8-19(9-12-23)29-22(25-2)28-16-24/h3-7,10,13-14,19H,8-9,11-12,15H2,1-2H3,(H,27,30)(H2,25,28,29). The highest BCUT2D eigenvalue weighted by atomic mass is 16.1. The molecule has 1 heterocycles. The van der Waals surface area contributed by atoms with Crippen LogP contribution in [-0.2, 0) is 5.41 Å². The Bertz CT molecular complexity index is 926. The molecule has 7 nitrogen and oxygen atoms in total. The number of amides is 1. The fourth-order valence-corrected chi connectivity index (χ4v) is 4.15. The molecule has 0 aliphatic heterocycles. The number of aromatic nitrogens is 1. The molecule has 0 radical (unpaired) electrons. The molecule has 1 saturated carbocycles. The van der Waals surface area contributed by atoms with Gasteiger partial charge in [-0.25, -0.2) is 0 Å². The van der Waals surface area contributed by atoms with Crippen molar-refractivity contribution in [2.75, 3.05) is 13.6 Å². The van der Waals surface area contributed by atoms with Crippen LogP contribution >= 0.6 is 0 Å². The van der Waals surface area contributed by atoms with Gasteiger partial charge >= 0.3 is 0 Å². The summed E-state index contributed by atoms with van der Waals surface area (Å²) in [6, 6.07) is 12.4. The second kappa shape index (κ2) is 9.88. The van der Waals surface area contributed by atoms with Crippen molar-refractivity contribution in [1.29, 1.82) is 5.26 Å². The van der Waals surface area contributed by atoms with Crippen molar-refractivity contribution >= 4 is 11.9 Å². The van der Waals surface area contributed by atoms with E-state index in [0.717, 1.165) is 31.2 Å². The van der Waals surface area contributed by atoms with Gasteiger partial charge in [0.25, 0.3) is 5.91 Å². The maximum absolute atomic E-state index is 12.8. The molecule has 1 aromatic heterocycles. The summed E-state index contributed by atoms with van der Waals surface area (Å²) in [5.74, 6) is 0.431. The predicted octanol–water partition coefficient (Wildman–Crippen LogP) is 2.65. The Morgan fingerprint density at radius 1 is 1.27 bits per heavy atom. The van der Waals surface area contributed by atoms with Gasteiger partial charge in [-0.15, -0.1) is 0 Å². The van der Waals surface area contributed by atoms with Gasteiger partial charge in [-0.05, 0) is 49.8 Å². The minimum absolute atomic E-state index is 0.0657. The second-order valence-corrected chi connectivity index (χ2v) is 7.75. The van der Waals surface area contributed by atoms with Gasteiger partial charge in [-0.3, -0.25) is 20.1 Å². The van der Waals surface area contributed by atoms with E-state index in [1.165, 1.54) is 5.56 Å². The van der Waals surface area contributed by atoms with Gasteiger partial charge in [0.2, 0.25) is 5.96 Å². The summed E-state index contributed by atoms with van der Waals surface area (Å²) in [5, 5.41) is 17.9. The number of aliphatic imine (C=N–C) groups is 1. The predicted molar refractivity (Wildman–Crippen MR) is 117 cm³/mol. The molecule has 156 valence electrons. The van der Waals surface area contributed by atoms with Gasteiger partial charge < -0.3 is 10.6 Å². The normalized spacial score (nSPS) is 21.4. The lowest BCUT2D eigenvalue weighted by molar-refractivity contribution is 0.0934. The fraction of sp³-hybridized carbons (Fsp3) is 0.391. The zero-order chi connectivity index (χ0) is 21.4. The molecule has 2 aromatic rings. The third kappa shape index (κ3) is 4.95. The fourth-order valence-electron chi connectivity index (χ4n) is 4.15. The minimum atomic E-state index is -0.123. The van der Waals surface area contributed by atoms with E-state index in [-0.39, 0.29) is 17.4 Å². The van der Waals surface area contributed by atoms with Crippen LogP contribution < -0.4 is 16.0 Å². The van der Waals surface area contributed by atoms with E-state index in [1.807, 2.05) is 19.2 Å². The van der Waals surface area contributed by atoms with Gasteiger partial charge in [-0.2, -0.15) is 5.26 Å². The zero-order valence-corrected chi connectivity index (χ0v) is 17.5. The smallest absolute Gasteiger partial charge is 0.251 e. The van der Waals surface area contributed by atoms with Gasteiger partial charge in [0.15, 0.2) is 6.19 Å². The average Bonchev–Trinajstić information content (AvgIpc) is 2.79. The Morgan fingerprint density at radius 3 is 2.63 bits per heavy atom. The summed E-state index contributed by atoms with van der Waals surface area (Å²) in [5.41, 5.74) is 2.65. The summed E-state index contributed by atoms with van der Waals surface area (Å²) in [6.45, 7) is 2.48. The Balaban J connectivity index is 1.72. The quantitative estimate of drug-likeness (QED) is 0.308. The number of nitrogens with zero attached hydrogens (tertiary/aromatic N) is 3. The van der Waals surface area contributed by atoms with Crippen LogP contribution in [0.15, 0.2) is 53.8 Å². The molecular weight excluding hydrogens is 376 g/mol. The first-order chi connectivity index (χ1) is 14.6. The first-order valence-electron chi connectivity index (χ1n) is 10.2. The van der Waals surface area contributed by atoms with Crippen LogP contribution in [0.4, 0.5) is 0 Å². The van der Waals surface area contributed by atoms with Gasteiger partial charge in [0, 0.05) is 43.0 Å². The van der Waals surface area contributed by atoms with E-state index in [1.54, 1.807) is 25.5 Å². The number of nitrogens with one attached hydrogen (secondary N) is 3. The van der Waals surface area contributed by atoms with E-state index in [4.69, 9.17) is 5.26 Å². The topological polar surface area (TPSA) is 102 Å². The summed E-state index contributed by atoms with van der Waals surface area (Å²) < 4.78 is 0. The number of carbonyl (C=O) groups is 1. The largest absolute Gasteiger partial charge is 0.353 e. The number of rotatable bonds is 5. The number of carbonyl (C=O) groups excluding carboxylic acids is 1. The monoisotopic (exact) mass is 404 g/mol. The van der Waals surface area contributed by atoms with Crippen molar-refractivity contribution in [3.05, 3.63) is 65.5 Å². The lowest BCUT2D eigenvalue weighted by Gasteiger charge is -2.41. The average molecular weight is 405 g/mol. The molecule has 0 unspecified atom stereocenters. The molecule has 1 aliphatic carbocycles. The number of pyridine rings is 1. The molecule has 3 N–H and O–H groups in total. The van der Waals surface area contributed by atoms with E-state index >= 15 is 0 Å². The Morgan fingerprint density at radius 2 is 2.00 bits per heavy atom. The van der Waals surface area contributed by atoms with Crippen LogP contribution in [0.25, 0.3) is 0 Å². The lowest BCUT2D eigenvalue weighted by atomic mass is 9.68. The van der Waals surface area contributed by atoms with E-state index in [0.29, 0.717) is 18.1 Å². The number of hydrogen-bond acceptors (Lipinski definition) is 4. The van der Waals surface area contributed by atoms with Crippen LogP contribution in [0.1, 0.15) is 47.2 Å². The Labute approximate surface area is 177 Å². The molecule has 7 heteroatoms. The zero-order valence-electron chi connectivity index (χ0n) is 17.5. The molecule has 3 rings (SSSR count). The van der Waals surface area contributed by atoms with Crippen molar-refractivity contribution in [1.82, 2.24) is 20.9 Å². The Hall–Kier alpha value is -3.40. The molecule has 0 saturated heterocycles. The Kier molecular flexibility index (Phi) is 7.02. The van der Waals surface area contributed by atoms with Crippen LogP contribution in [0.2, 0.25) is 0 Å². The minimum Gasteiger partial charge on any atom is -0.353 e. The number of benzene rings is 1. The molecule has 0 bridgehead atoms. The van der Waals surface area contributed by atoms with Crippen LogP contribution in [0, 0.1) is 18.4 Å². The summed E-state index contributed by atoms with van der Waals surface area (Å²) in [6.07, 6.45) is 8.96. The van der Waals surface area contributed by atoms with Gasteiger partial charge in [-0.1, -0.05) is 30.3 Å². The molecular formula is C23H28N6O. The number of hydrogen-bond donors (Lipinski definition) is 3. The highest BCUT2D eigenvalue weighted by Gasteiger charge is 2.37. The third-order valence-electron chi connectivity index (χ3n) is 5.92. The van der Waals surface area contributed by atoms with Crippen molar-refractivity contribution in [3.8, 4) is 6.19 Å². The number of nitriles is 1. The highest BCUT2D eigenvalue weighted by molar-refractivity contribution is 5.95. The van der Waals surface area contributed by atoms with Crippen molar-refractivity contribution in [2.24, 2.45) is 4.99 Å². The molecule has 30 heavy (non-hydrogen) atoms. The first kappa shape index (κ1) is 21.3. The van der Waals surface area contributed by atoms with Gasteiger partial charge in [0.05, 0.1) is 0 Å². The molecule has 0 spiro atoms. The maximum Gasteiger partial charge on any atom is 0.251 e. The lowest BCUT2D eigenvalue weighted by Crippen LogP contribution is -2.49.